The fourth-order valence-corrected chi connectivity index (χ4v) is 6.89. The van der Waals surface area contributed by atoms with Crippen LogP contribution in [0.25, 0.3) is 22.1 Å². The number of hydrogen-bond donors (Lipinski definition) is 1. The first-order valence-corrected chi connectivity index (χ1v) is 19.1. The molecule has 15 heteroatoms. The zero-order valence-electron chi connectivity index (χ0n) is 30.3. The van der Waals surface area contributed by atoms with Gasteiger partial charge in [0.05, 0.1) is 47.6 Å². The smallest absolute Gasteiger partial charge is 0.244 e. The number of methoxy groups -OCH3 is 1. The molecular weight excluding hydrogens is 735 g/mol. The van der Waals surface area contributed by atoms with Crippen molar-refractivity contribution in [2.75, 3.05) is 43.1 Å². The lowest BCUT2D eigenvalue weighted by molar-refractivity contribution is 0.414. The molecule has 55 heavy (non-hydrogen) atoms. The first-order chi connectivity index (χ1) is 27.0. The monoisotopic (exact) mass is 772 g/mol. The summed E-state index contributed by atoms with van der Waals surface area (Å²) in [6, 6.07) is 18.9. The highest BCUT2D eigenvalue weighted by Crippen LogP contribution is 2.22. The topological polar surface area (TPSA) is 140 Å². The summed E-state index contributed by atoms with van der Waals surface area (Å²) >= 11 is 12.1. The van der Waals surface area contributed by atoms with Crippen molar-refractivity contribution in [3.63, 3.8) is 0 Å². The van der Waals surface area contributed by atoms with Gasteiger partial charge in [0, 0.05) is 48.8 Å². The van der Waals surface area contributed by atoms with E-state index >= 15 is 0 Å². The Hall–Kier alpha value is -5.84. The SMILES string of the molecule is COc1ccc(Cn2nc(C#Cc3cnc4ccc(Cl)cc4n3)nc2N2CCCC2)cc1.Clc1ccc2ncc(CCc3nc(N4CCCC4)n[nH]3)nc2c1. The number of nitrogens with zero attached hydrogens (tertiary/aromatic N) is 11. The Kier molecular flexibility index (Phi) is 11.0. The van der Waals surface area contributed by atoms with Crippen LogP contribution < -0.4 is 14.5 Å². The second kappa shape index (κ2) is 16.7. The Labute approximate surface area is 328 Å². The molecule has 6 heterocycles. The van der Waals surface area contributed by atoms with Crippen molar-refractivity contribution in [1.82, 2.24) is 49.9 Å². The maximum Gasteiger partial charge on any atom is 0.244 e. The summed E-state index contributed by atoms with van der Waals surface area (Å²) in [5, 5.41) is 13.3. The minimum absolute atomic E-state index is 0.466. The quantitative estimate of drug-likeness (QED) is 0.165. The maximum absolute atomic E-state index is 6.07. The summed E-state index contributed by atoms with van der Waals surface area (Å²) in [6.07, 6.45) is 9.76. The van der Waals surface area contributed by atoms with E-state index in [-0.39, 0.29) is 0 Å². The molecule has 0 radical (unpaired) electrons. The molecule has 1 N–H and O–H groups in total. The Morgan fingerprint density at radius 1 is 0.709 bits per heavy atom. The number of aromatic amines is 1. The number of H-pyrrole nitrogens is 1. The molecule has 2 saturated heterocycles. The second-order valence-electron chi connectivity index (χ2n) is 13.3. The zero-order chi connectivity index (χ0) is 37.6. The van der Waals surface area contributed by atoms with E-state index in [1.54, 1.807) is 25.4 Å². The normalized spacial score (nSPS) is 13.9. The third-order valence-corrected chi connectivity index (χ3v) is 9.89. The Bertz CT molecular complexity index is 2480. The summed E-state index contributed by atoms with van der Waals surface area (Å²) in [5.74, 6) is 9.94. The Morgan fingerprint density at radius 3 is 2.09 bits per heavy atom. The van der Waals surface area contributed by atoms with Crippen LogP contribution in [0.3, 0.4) is 0 Å². The van der Waals surface area contributed by atoms with Gasteiger partial charge in [0.2, 0.25) is 17.7 Å². The molecule has 2 aliphatic heterocycles. The van der Waals surface area contributed by atoms with Gasteiger partial charge in [0.25, 0.3) is 0 Å². The van der Waals surface area contributed by atoms with E-state index in [4.69, 9.17) is 32.9 Å². The second-order valence-corrected chi connectivity index (χ2v) is 14.2. The number of fused-ring (bicyclic) bond motifs is 2. The lowest BCUT2D eigenvalue weighted by Crippen LogP contribution is -2.22. The zero-order valence-corrected chi connectivity index (χ0v) is 31.8. The van der Waals surface area contributed by atoms with E-state index in [1.165, 1.54) is 12.8 Å². The molecule has 9 rings (SSSR count). The predicted octanol–water partition coefficient (Wildman–Crippen LogP) is 6.72. The average Bonchev–Trinajstić information content (AvgIpc) is 4.05. The van der Waals surface area contributed by atoms with Crippen LogP contribution in [-0.4, -0.2) is 83.2 Å². The van der Waals surface area contributed by atoms with Crippen molar-refractivity contribution in [3.8, 4) is 17.6 Å². The van der Waals surface area contributed by atoms with Crippen molar-refractivity contribution >= 4 is 57.2 Å². The fourth-order valence-electron chi connectivity index (χ4n) is 6.56. The molecule has 3 aromatic carbocycles. The molecule has 0 amide bonds. The van der Waals surface area contributed by atoms with E-state index in [2.05, 4.69) is 61.9 Å². The molecule has 0 atom stereocenters. The molecule has 0 unspecified atom stereocenters. The van der Waals surface area contributed by atoms with Crippen molar-refractivity contribution in [2.24, 2.45) is 0 Å². The lowest BCUT2D eigenvalue weighted by Gasteiger charge is -2.16. The number of aryl methyl sites for hydroxylation is 2. The van der Waals surface area contributed by atoms with E-state index in [9.17, 15) is 0 Å². The standard InChI is InChI=1S/C24H21ClN6O.C16H17ClN6/c1-32-20-8-4-17(5-9-20)16-31-24(30-12-2-3-13-30)28-23(29-31)11-7-19-15-26-21-10-6-18(25)14-22(21)27-19;17-11-3-5-13-14(9-11)19-12(10-18-13)4-6-15-20-16(22-21-15)23-7-1-2-8-23/h4-6,8-10,14-15H,2-3,12-13,16H2,1H3;3,5,9-10H,1-2,4,6-8H2,(H,20,21,22). The number of aromatic nitrogens is 10. The number of hydrogen-bond acceptors (Lipinski definition) is 11. The molecule has 278 valence electrons. The van der Waals surface area contributed by atoms with Crippen LogP contribution in [0.15, 0.2) is 73.1 Å². The largest absolute Gasteiger partial charge is 0.497 e. The number of benzene rings is 3. The van der Waals surface area contributed by atoms with Gasteiger partial charge >= 0.3 is 0 Å². The molecule has 4 aromatic heterocycles. The molecule has 0 saturated carbocycles. The van der Waals surface area contributed by atoms with Crippen LogP contribution in [0.5, 0.6) is 5.75 Å². The van der Waals surface area contributed by atoms with E-state index in [1.807, 2.05) is 59.4 Å². The number of ether oxygens (including phenoxy) is 1. The third-order valence-electron chi connectivity index (χ3n) is 9.42. The van der Waals surface area contributed by atoms with Crippen molar-refractivity contribution < 1.29 is 4.74 Å². The number of halogens is 2. The number of nitrogens with one attached hydrogen (secondary N) is 1. The maximum atomic E-state index is 6.07. The van der Waals surface area contributed by atoms with Crippen molar-refractivity contribution in [2.45, 2.75) is 45.1 Å². The highest BCUT2D eigenvalue weighted by Gasteiger charge is 2.20. The molecule has 2 fully saturated rings. The molecule has 7 aromatic rings. The van der Waals surface area contributed by atoms with E-state index in [0.29, 0.717) is 33.6 Å². The molecule has 13 nitrogen and oxygen atoms in total. The molecule has 2 aliphatic rings. The van der Waals surface area contributed by atoms with Gasteiger partial charge in [-0.3, -0.25) is 15.1 Å². The summed E-state index contributed by atoms with van der Waals surface area (Å²) < 4.78 is 7.18. The van der Waals surface area contributed by atoms with Crippen LogP contribution in [0.4, 0.5) is 11.9 Å². The summed E-state index contributed by atoms with van der Waals surface area (Å²) in [6.45, 7) is 4.66. The van der Waals surface area contributed by atoms with Gasteiger partial charge in [-0.1, -0.05) is 35.3 Å². The van der Waals surface area contributed by atoms with Crippen LogP contribution in [0.2, 0.25) is 10.0 Å². The average molecular weight is 774 g/mol. The Balaban J connectivity index is 0.000000164. The van der Waals surface area contributed by atoms with Crippen LogP contribution >= 0.6 is 23.2 Å². The molecule has 0 spiro atoms. The highest BCUT2D eigenvalue weighted by molar-refractivity contribution is 6.31. The fraction of sp³-hybridized carbons (Fsp3) is 0.300. The summed E-state index contributed by atoms with van der Waals surface area (Å²) in [5.41, 5.74) is 5.76. The lowest BCUT2D eigenvalue weighted by atomic mass is 10.2. The summed E-state index contributed by atoms with van der Waals surface area (Å²) in [4.78, 5) is 31.8. The molecule has 0 bridgehead atoms. The van der Waals surface area contributed by atoms with Crippen LogP contribution in [-0.2, 0) is 19.4 Å². The predicted molar refractivity (Wildman–Crippen MR) is 214 cm³/mol. The molecule has 0 aliphatic carbocycles. The van der Waals surface area contributed by atoms with Gasteiger partial charge in [0.15, 0.2) is 0 Å². The first-order valence-electron chi connectivity index (χ1n) is 18.3. The van der Waals surface area contributed by atoms with Crippen molar-refractivity contribution in [1.29, 1.82) is 0 Å². The van der Waals surface area contributed by atoms with Gasteiger partial charge in [-0.15, -0.1) is 10.2 Å². The highest BCUT2D eigenvalue weighted by atomic mass is 35.5. The van der Waals surface area contributed by atoms with Crippen molar-refractivity contribution in [3.05, 3.63) is 112 Å². The Morgan fingerprint density at radius 2 is 1.38 bits per heavy atom. The molecular formula is C40H38Cl2N12O. The van der Waals surface area contributed by atoms with Gasteiger partial charge in [-0.2, -0.15) is 9.97 Å². The van der Waals surface area contributed by atoms with Gasteiger partial charge in [0.1, 0.15) is 17.3 Å². The number of anilines is 2. The third kappa shape index (κ3) is 8.94. The minimum Gasteiger partial charge on any atom is -0.497 e. The van der Waals surface area contributed by atoms with Gasteiger partial charge < -0.3 is 14.5 Å². The van der Waals surface area contributed by atoms with Gasteiger partial charge in [-0.25, -0.2) is 14.6 Å². The first kappa shape index (κ1) is 36.2. The minimum atomic E-state index is 0.466. The van der Waals surface area contributed by atoms with Crippen LogP contribution in [0, 0.1) is 11.8 Å². The van der Waals surface area contributed by atoms with E-state index < -0.39 is 0 Å². The number of rotatable bonds is 8. The van der Waals surface area contributed by atoms with Crippen LogP contribution in [0.1, 0.15) is 54.3 Å². The summed E-state index contributed by atoms with van der Waals surface area (Å²) in [7, 11) is 1.66. The van der Waals surface area contributed by atoms with E-state index in [0.717, 1.165) is 103 Å². The van der Waals surface area contributed by atoms with Gasteiger partial charge in [-0.05, 0) is 98.0 Å².